The molecule has 0 N–H and O–H groups in total. The molecular formula is C25H30N4O. The third-order valence-corrected chi connectivity index (χ3v) is 6.03. The minimum absolute atomic E-state index is 0.0325. The summed E-state index contributed by atoms with van der Waals surface area (Å²) in [5, 5.41) is 0. The number of Topliss-reactive ketones (excluding diaryl/α,β-unsaturated/α-hetero) is 1. The Morgan fingerprint density at radius 1 is 1.03 bits per heavy atom. The maximum Gasteiger partial charge on any atom is 0.216 e. The fourth-order valence-corrected chi connectivity index (χ4v) is 4.31. The Morgan fingerprint density at radius 2 is 1.73 bits per heavy atom. The number of rotatable bonds is 7. The average molecular weight is 403 g/mol. The first-order chi connectivity index (χ1) is 14.5. The topological polar surface area (TPSA) is 42.5 Å². The van der Waals surface area contributed by atoms with E-state index in [0.717, 1.165) is 65.4 Å². The molecule has 5 nitrogen and oxygen atoms in total. The highest BCUT2D eigenvalue weighted by atomic mass is 16.1. The predicted molar refractivity (Wildman–Crippen MR) is 123 cm³/mol. The number of para-hydroxylation sites is 2. The molecule has 0 fully saturated rings. The number of aromatic nitrogens is 3. The predicted octanol–water partition coefficient (Wildman–Crippen LogP) is 5.12. The molecule has 0 saturated carbocycles. The lowest BCUT2D eigenvalue weighted by atomic mass is 10.0. The zero-order valence-corrected chi connectivity index (χ0v) is 18.6. The van der Waals surface area contributed by atoms with Gasteiger partial charge in [0, 0.05) is 25.6 Å². The summed E-state index contributed by atoms with van der Waals surface area (Å²) < 4.78 is 4.31. The van der Waals surface area contributed by atoms with Crippen LogP contribution in [-0.4, -0.2) is 44.3 Å². The molecule has 0 spiro atoms. The number of carbonyl (C=O) groups excluding carboxylic acids is 1. The summed E-state index contributed by atoms with van der Waals surface area (Å²) >= 11 is 0. The third kappa shape index (κ3) is 3.33. The van der Waals surface area contributed by atoms with E-state index in [1.165, 1.54) is 0 Å². The van der Waals surface area contributed by atoms with Crippen molar-refractivity contribution >= 4 is 22.6 Å². The average Bonchev–Trinajstić information content (AvgIpc) is 3.26. The third-order valence-electron chi connectivity index (χ3n) is 6.03. The van der Waals surface area contributed by atoms with Gasteiger partial charge in [0.25, 0.3) is 0 Å². The summed E-state index contributed by atoms with van der Waals surface area (Å²) in [6.45, 7) is 14.0. The van der Waals surface area contributed by atoms with Crippen LogP contribution < -0.4 is 0 Å². The molecule has 2 heterocycles. The van der Waals surface area contributed by atoms with Gasteiger partial charge < -0.3 is 9.47 Å². The molecule has 0 unspecified atom stereocenters. The zero-order valence-electron chi connectivity index (χ0n) is 18.6. The number of carbonyl (C=O) groups is 1. The Morgan fingerprint density at radius 3 is 2.40 bits per heavy atom. The van der Waals surface area contributed by atoms with Gasteiger partial charge in [-0.25, -0.2) is 4.98 Å². The minimum atomic E-state index is 0.0325. The SMILES string of the molecule is CCN(CC)CCn1c2ccccc2n2c(C(C)=O)c(-c3cc(C)ccc3C)nc12. The highest BCUT2D eigenvalue weighted by Gasteiger charge is 2.24. The molecule has 30 heavy (non-hydrogen) atoms. The van der Waals surface area contributed by atoms with Crippen molar-refractivity contribution in [2.24, 2.45) is 0 Å². The van der Waals surface area contributed by atoms with Crippen LogP contribution >= 0.6 is 0 Å². The summed E-state index contributed by atoms with van der Waals surface area (Å²) in [5.41, 5.74) is 6.91. The van der Waals surface area contributed by atoms with Crippen molar-refractivity contribution < 1.29 is 4.79 Å². The van der Waals surface area contributed by atoms with E-state index < -0.39 is 0 Å². The van der Waals surface area contributed by atoms with Gasteiger partial charge >= 0.3 is 0 Å². The minimum Gasteiger partial charge on any atom is -0.308 e. The molecule has 0 aliphatic carbocycles. The second kappa shape index (κ2) is 8.07. The quantitative estimate of drug-likeness (QED) is 0.403. The van der Waals surface area contributed by atoms with E-state index in [-0.39, 0.29) is 5.78 Å². The number of likely N-dealkylation sites (N-methyl/N-ethyl adjacent to an activating group) is 1. The number of hydrogen-bond donors (Lipinski definition) is 0. The van der Waals surface area contributed by atoms with E-state index in [9.17, 15) is 4.79 Å². The van der Waals surface area contributed by atoms with Crippen LogP contribution in [0.2, 0.25) is 0 Å². The molecule has 0 radical (unpaired) electrons. The lowest BCUT2D eigenvalue weighted by molar-refractivity contribution is 0.101. The number of imidazole rings is 2. The second-order valence-electron chi connectivity index (χ2n) is 7.99. The van der Waals surface area contributed by atoms with Crippen molar-refractivity contribution in [3.05, 3.63) is 59.3 Å². The molecule has 4 aromatic rings. The Labute approximate surface area is 177 Å². The summed E-state index contributed by atoms with van der Waals surface area (Å²) in [5.74, 6) is 0.870. The maximum atomic E-state index is 12.8. The van der Waals surface area contributed by atoms with Crippen LogP contribution in [0.25, 0.3) is 28.1 Å². The van der Waals surface area contributed by atoms with Crippen LogP contribution in [0.4, 0.5) is 0 Å². The lowest BCUT2D eigenvalue weighted by Gasteiger charge is -2.18. The van der Waals surface area contributed by atoms with Crippen LogP contribution in [0.15, 0.2) is 42.5 Å². The molecule has 156 valence electrons. The number of nitrogens with zero attached hydrogens (tertiary/aromatic N) is 4. The van der Waals surface area contributed by atoms with E-state index in [1.807, 2.05) is 6.07 Å². The number of ketones is 1. The first-order valence-electron chi connectivity index (χ1n) is 10.8. The van der Waals surface area contributed by atoms with Crippen LogP contribution in [0.5, 0.6) is 0 Å². The Hall–Kier alpha value is -2.92. The highest BCUT2D eigenvalue weighted by molar-refractivity contribution is 6.02. The van der Waals surface area contributed by atoms with E-state index in [0.29, 0.717) is 5.69 Å². The molecule has 0 bridgehead atoms. The standard InChI is InChI=1S/C25H30N4O/c1-6-27(7-2)14-15-28-21-10-8-9-11-22(21)29-24(19(5)30)23(26-25(28)29)20-16-17(3)12-13-18(20)4/h8-13,16H,6-7,14-15H2,1-5H3. The Balaban J connectivity index is 2.00. The van der Waals surface area contributed by atoms with Gasteiger partial charge in [0.2, 0.25) is 5.78 Å². The molecular weight excluding hydrogens is 372 g/mol. The summed E-state index contributed by atoms with van der Waals surface area (Å²) in [4.78, 5) is 20.3. The Kier molecular flexibility index (Phi) is 5.48. The number of fused-ring (bicyclic) bond motifs is 3. The highest BCUT2D eigenvalue weighted by Crippen LogP contribution is 2.32. The van der Waals surface area contributed by atoms with Gasteiger partial charge in [-0.1, -0.05) is 43.7 Å². The maximum absolute atomic E-state index is 12.8. The van der Waals surface area contributed by atoms with Crippen LogP contribution in [0, 0.1) is 13.8 Å². The molecule has 2 aromatic carbocycles. The van der Waals surface area contributed by atoms with E-state index in [1.54, 1.807) is 6.92 Å². The van der Waals surface area contributed by atoms with E-state index in [4.69, 9.17) is 4.98 Å². The summed E-state index contributed by atoms with van der Waals surface area (Å²) in [6, 6.07) is 14.6. The fraction of sp³-hybridized carbons (Fsp3) is 0.360. The van der Waals surface area contributed by atoms with E-state index in [2.05, 4.69) is 78.0 Å². The number of hydrogen-bond acceptors (Lipinski definition) is 3. The zero-order chi connectivity index (χ0) is 21.4. The molecule has 0 amide bonds. The van der Waals surface area contributed by atoms with Crippen LogP contribution in [0.1, 0.15) is 42.4 Å². The van der Waals surface area contributed by atoms with Gasteiger partial charge in [-0.3, -0.25) is 9.20 Å². The van der Waals surface area contributed by atoms with Crippen molar-refractivity contribution in [1.29, 1.82) is 0 Å². The lowest BCUT2D eigenvalue weighted by Crippen LogP contribution is -2.27. The largest absolute Gasteiger partial charge is 0.308 e. The van der Waals surface area contributed by atoms with Crippen molar-refractivity contribution in [3.63, 3.8) is 0 Å². The molecule has 0 atom stereocenters. The van der Waals surface area contributed by atoms with E-state index >= 15 is 0 Å². The first-order valence-corrected chi connectivity index (χ1v) is 10.8. The molecule has 2 aromatic heterocycles. The molecule has 0 aliphatic heterocycles. The first kappa shape index (κ1) is 20.4. The fourth-order valence-electron chi connectivity index (χ4n) is 4.31. The molecule has 5 heteroatoms. The molecule has 0 saturated heterocycles. The van der Waals surface area contributed by atoms with Gasteiger partial charge in [-0.05, 0) is 50.7 Å². The summed E-state index contributed by atoms with van der Waals surface area (Å²) in [7, 11) is 0. The smallest absolute Gasteiger partial charge is 0.216 e. The monoisotopic (exact) mass is 402 g/mol. The normalized spacial score (nSPS) is 11.8. The van der Waals surface area contributed by atoms with Crippen molar-refractivity contribution in [2.45, 2.75) is 41.2 Å². The van der Waals surface area contributed by atoms with Crippen molar-refractivity contribution in [1.82, 2.24) is 18.9 Å². The summed E-state index contributed by atoms with van der Waals surface area (Å²) in [6.07, 6.45) is 0. The Bertz CT molecular complexity index is 1230. The van der Waals surface area contributed by atoms with Gasteiger partial charge in [0.15, 0.2) is 5.78 Å². The van der Waals surface area contributed by atoms with Crippen LogP contribution in [0.3, 0.4) is 0 Å². The molecule has 4 rings (SSSR count). The van der Waals surface area contributed by atoms with Gasteiger partial charge in [-0.2, -0.15) is 0 Å². The van der Waals surface area contributed by atoms with Gasteiger partial charge in [-0.15, -0.1) is 0 Å². The van der Waals surface area contributed by atoms with Crippen LogP contribution in [-0.2, 0) is 6.54 Å². The van der Waals surface area contributed by atoms with Crippen molar-refractivity contribution in [2.75, 3.05) is 19.6 Å². The number of benzene rings is 2. The van der Waals surface area contributed by atoms with Gasteiger partial charge in [0.1, 0.15) is 11.4 Å². The second-order valence-corrected chi connectivity index (χ2v) is 7.99. The molecule has 0 aliphatic rings. The van der Waals surface area contributed by atoms with Crippen molar-refractivity contribution in [3.8, 4) is 11.3 Å². The number of aryl methyl sites for hydroxylation is 2. The van der Waals surface area contributed by atoms with Gasteiger partial charge in [0.05, 0.1) is 11.0 Å².